The van der Waals surface area contributed by atoms with Gasteiger partial charge in [0, 0.05) is 69.0 Å². The molecule has 0 spiro atoms. The van der Waals surface area contributed by atoms with Gasteiger partial charge in [0.15, 0.2) is 17.3 Å². The number of ketones is 3. The van der Waals surface area contributed by atoms with Crippen molar-refractivity contribution >= 4 is 52.6 Å². The van der Waals surface area contributed by atoms with Gasteiger partial charge in [-0.2, -0.15) is 0 Å². The van der Waals surface area contributed by atoms with Crippen molar-refractivity contribution in [2.75, 3.05) is 0 Å². The molecule has 0 heterocycles. The molecule has 58 heavy (non-hydrogen) atoms. The van der Waals surface area contributed by atoms with Gasteiger partial charge in [0.2, 0.25) is 0 Å². The van der Waals surface area contributed by atoms with E-state index in [9.17, 15) is 44.1 Å². The van der Waals surface area contributed by atoms with Crippen LogP contribution >= 0.6 is 0 Å². The van der Waals surface area contributed by atoms with E-state index >= 15 is 0 Å². The summed E-state index contributed by atoms with van der Waals surface area (Å²) >= 11 is 0. The van der Waals surface area contributed by atoms with Crippen LogP contribution < -0.4 is 15.3 Å². The molecule has 0 aromatic heterocycles. The molecule has 6 aromatic rings. The Morgan fingerprint density at radius 3 is 0.741 bits per heavy atom. The van der Waals surface area contributed by atoms with Crippen molar-refractivity contribution < 1.29 is 44.1 Å². The summed E-state index contributed by atoms with van der Waals surface area (Å²) in [5.41, 5.74) is 4.91. The van der Waals surface area contributed by atoms with Gasteiger partial charge in [-0.15, -0.1) is 0 Å². The van der Waals surface area contributed by atoms with Crippen molar-refractivity contribution in [2.24, 2.45) is 0 Å². The van der Waals surface area contributed by atoms with Crippen molar-refractivity contribution in [1.29, 1.82) is 0 Å². The molecular formula is C48H39AlO9. The van der Waals surface area contributed by atoms with E-state index in [2.05, 4.69) is 0 Å². The summed E-state index contributed by atoms with van der Waals surface area (Å²) in [6.45, 7) is 4.63. The molecule has 0 unspecified atom stereocenters. The van der Waals surface area contributed by atoms with Crippen LogP contribution in [0.3, 0.4) is 0 Å². The van der Waals surface area contributed by atoms with Crippen molar-refractivity contribution in [3.63, 3.8) is 0 Å². The topological polar surface area (TPSA) is 172 Å². The second-order valence-corrected chi connectivity index (χ2v) is 13.1. The van der Waals surface area contributed by atoms with E-state index in [1.54, 1.807) is 166 Å². The van der Waals surface area contributed by atoms with Gasteiger partial charge < -0.3 is 29.7 Å². The SMILES string of the molecule is C[C@H](C(=O)[O-])c1cccc(C(=O)c2ccccc2)c1.C[C@H](C(=O)[O-])c1cccc(C(=O)c2ccccc2)c1.C[C@H](C(=O)[O-])c1cccc(C(=O)c2ccccc2)c1.[Al+3]. The smallest absolute Gasteiger partial charge is 0.550 e. The predicted molar refractivity (Wildman–Crippen MR) is 215 cm³/mol. The number of hydrogen-bond donors (Lipinski definition) is 0. The molecule has 0 N–H and O–H groups in total. The molecule has 0 aliphatic rings. The maximum Gasteiger partial charge on any atom is 3.00 e. The number of benzene rings is 6. The zero-order valence-electron chi connectivity index (χ0n) is 32.1. The second kappa shape index (κ2) is 22.1. The van der Waals surface area contributed by atoms with E-state index < -0.39 is 35.7 Å². The van der Waals surface area contributed by atoms with E-state index in [1.807, 2.05) is 18.2 Å². The minimum Gasteiger partial charge on any atom is -0.550 e. The first kappa shape index (κ1) is 45.7. The third-order valence-corrected chi connectivity index (χ3v) is 9.12. The predicted octanol–water partition coefficient (Wildman–Crippen LogP) is 4.93. The Kier molecular flexibility index (Phi) is 17.4. The summed E-state index contributed by atoms with van der Waals surface area (Å²) in [6.07, 6.45) is 0. The molecule has 6 rings (SSSR count). The molecule has 0 fully saturated rings. The Morgan fingerprint density at radius 2 is 0.534 bits per heavy atom. The van der Waals surface area contributed by atoms with E-state index in [4.69, 9.17) is 0 Å². The van der Waals surface area contributed by atoms with Crippen molar-refractivity contribution in [3.05, 3.63) is 214 Å². The zero-order chi connectivity index (χ0) is 41.5. The number of carboxylic acid groups (broad SMARTS) is 3. The fraction of sp³-hybridized carbons (Fsp3) is 0.125. The molecule has 0 saturated carbocycles. The van der Waals surface area contributed by atoms with Gasteiger partial charge >= 0.3 is 17.4 Å². The van der Waals surface area contributed by atoms with E-state index in [0.29, 0.717) is 50.1 Å². The average Bonchev–Trinajstić information content (AvgIpc) is 3.26. The molecule has 0 aliphatic heterocycles. The molecule has 3 atom stereocenters. The molecule has 288 valence electrons. The molecule has 10 heteroatoms. The Bertz CT molecular complexity index is 2080. The molecule has 0 bridgehead atoms. The monoisotopic (exact) mass is 786 g/mol. The van der Waals surface area contributed by atoms with E-state index in [1.165, 1.54) is 0 Å². The van der Waals surface area contributed by atoms with E-state index in [0.717, 1.165) is 0 Å². The average molecular weight is 787 g/mol. The van der Waals surface area contributed by atoms with Crippen LogP contribution in [0.1, 0.15) is 103 Å². The summed E-state index contributed by atoms with van der Waals surface area (Å²) in [4.78, 5) is 69.2. The summed E-state index contributed by atoms with van der Waals surface area (Å²) in [7, 11) is 0. The first-order chi connectivity index (χ1) is 27.3. The van der Waals surface area contributed by atoms with Crippen LogP contribution in [0.15, 0.2) is 164 Å². The van der Waals surface area contributed by atoms with Crippen LogP contribution in [-0.2, 0) is 14.4 Å². The normalized spacial score (nSPS) is 11.6. The van der Waals surface area contributed by atoms with Crippen molar-refractivity contribution in [3.8, 4) is 0 Å². The van der Waals surface area contributed by atoms with Crippen LogP contribution in [0.4, 0.5) is 0 Å². The number of carbonyl (C=O) groups is 6. The molecule has 0 aliphatic carbocycles. The first-order valence-electron chi connectivity index (χ1n) is 18.0. The van der Waals surface area contributed by atoms with Gasteiger partial charge in [0.05, 0.1) is 0 Å². The number of carbonyl (C=O) groups excluding carboxylic acids is 6. The van der Waals surface area contributed by atoms with Crippen LogP contribution in [0, 0.1) is 0 Å². The van der Waals surface area contributed by atoms with Gasteiger partial charge in [0.1, 0.15) is 0 Å². The molecular weight excluding hydrogens is 748 g/mol. The van der Waals surface area contributed by atoms with Crippen LogP contribution in [-0.4, -0.2) is 52.6 Å². The maximum absolute atomic E-state index is 12.2. The van der Waals surface area contributed by atoms with Crippen molar-refractivity contribution in [1.82, 2.24) is 0 Å². The van der Waals surface area contributed by atoms with Gasteiger partial charge in [-0.25, -0.2) is 0 Å². The maximum atomic E-state index is 12.2. The van der Waals surface area contributed by atoms with Crippen LogP contribution in [0.2, 0.25) is 0 Å². The summed E-state index contributed by atoms with van der Waals surface area (Å²) in [5, 5.41) is 32.6. The van der Waals surface area contributed by atoms with Gasteiger partial charge in [-0.3, -0.25) is 14.4 Å². The summed E-state index contributed by atoms with van der Waals surface area (Å²) < 4.78 is 0. The fourth-order valence-corrected chi connectivity index (χ4v) is 5.52. The fourth-order valence-electron chi connectivity index (χ4n) is 5.52. The van der Waals surface area contributed by atoms with Gasteiger partial charge in [-0.1, -0.05) is 166 Å². The molecule has 0 amide bonds. The summed E-state index contributed by atoms with van der Waals surface area (Å²) in [5.74, 6) is -6.00. The standard InChI is InChI=1S/3C16H14O3.Al/c3*1-11(16(18)19)13-8-5-9-14(10-13)15(17)12-6-3-2-4-7-12;/h3*2-11H,1H3,(H,18,19);/q;;;+3/p-3/t3*11-;/m000./s1. The van der Waals surface area contributed by atoms with Gasteiger partial charge in [-0.05, 0) is 34.9 Å². The Morgan fingerprint density at radius 1 is 0.328 bits per heavy atom. The first-order valence-corrected chi connectivity index (χ1v) is 18.0. The van der Waals surface area contributed by atoms with Gasteiger partial charge in [0.25, 0.3) is 0 Å². The number of carboxylic acids is 3. The minimum atomic E-state index is -1.15. The van der Waals surface area contributed by atoms with Crippen molar-refractivity contribution in [2.45, 2.75) is 38.5 Å². The number of rotatable bonds is 12. The molecule has 6 aromatic carbocycles. The largest absolute Gasteiger partial charge is 3.00 e. The van der Waals surface area contributed by atoms with Crippen LogP contribution in [0.5, 0.6) is 0 Å². The van der Waals surface area contributed by atoms with E-state index in [-0.39, 0.29) is 34.7 Å². The van der Waals surface area contributed by atoms with Crippen LogP contribution in [0.25, 0.3) is 0 Å². The number of aliphatic carboxylic acids is 3. The summed E-state index contributed by atoms with van der Waals surface area (Å²) in [6, 6.07) is 46.6. The second-order valence-electron chi connectivity index (χ2n) is 13.1. The number of hydrogen-bond acceptors (Lipinski definition) is 9. The third kappa shape index (κ3) is 12.6. The Hall–Kier alpha value is -6.73. The molecule has 9 nitrogen and oxygen atoms in total. The molecule has 0 saturated heterocycles. The Balaban J connectivity index is 0.000000231. The quantitative estimate of drug-likeness (QED) is 0.123. The Labute approximate surface area is 347 Å². The minimum absolute atomic E-state index is 0. The molecule has 0 radical (unpaired) electrons. The zero-order valence-corrected chi connectivity index (χ0v) is 33.2. The third-order valence-electron chi connectivity index (χ3n) is 9.12.